The van der Waals surface area contributed by atoms with Gasteiger partial charge in [0.15, 0.2) is 0 Å². The number of carbonyl (C=O) groups is 1. The number of rotatable bonds is 5. The monoisotopic (exact) mass is 574 g/mol. The van der Waals surface area contributed by atoms with Gasteiger partial charge in [0.25, 0.3) is 10.1 Å². The standard InChI is InChI=1S/C27H21Cl3N2O4S/c28-22-10-4-1-7-17(22)19-15-27(32-14-13-31-26(32)33,21-9-3-6-12-24(21)30)16-20(25(19)37(34,35)36)18-8-2-5-11-23(18)29/h1-12,15-16,25H,13-14H2,(H,31,33)(H,34,35,36). The van der Waals surface area contributed by atoms with E-state index in [-0.39, 0.29) is 27.2 Å². The minimum absolute atomic E-state index is 0.199. The number of amides is 2. The summed E-state index contributed by atoms with van der Waals surface area (Å²) in [5.74, 6) is 0. The van der Waals surface area contributed by atoms with Crippen molar-refractivity contribution in [2.75, 3.05) is 13.1 Å². The zero-order valence-corrected chi connectivity index (χ0v) is 22.3. The summed E-state index contributed by atoms with van der Waals surface area (Å²) >= 11 is 19.9. The number of halogens is 3. The van der Waals surface area contributed by atoms with Crippen molar-refractivity contribution in [2.24, 2.45) is 0 Å². The molecule has 1 fully saturated rings. The van der Waals surface area contributed by atoms with Crippen LogP contribution in [0.1, 0.15) is 16.7 Å². The highest BCUT2D eigenvalue weighted by atomic mass is 35.5. The van der Waals surface area contributed by atoms with Gasteiger partial charge in [0, 0.05) is 33.7 Å². The fourth-order valence-electron chi connectivity index (χ4n) is 5.05. The molecule has 0 saturated carbocycles. The zero-order valence-electron chi connectivity index (χ0n) is 19.2. The van der Waals surface area contributed by atoms with Crippen LogP contribution in [0, 0.1) is 0 Å². The van der Waals surface area contributed by atoms with E-state index in [9.17, 15) is 17.8 Å². The van der Waals surface area contributed by atoms with Crippen LogP contribution in [-0.4, -0.2) is 42.2 Å². The quantitative estimate of drug-likeness (QED) is 0.349. The molecule has 0 atom stereocenters. The molecule has 5 rings (SSSR count). The van der Waals surface area contributed by atoms with E-state index in [1.54, 1.807) is 89.8 Å². The van der Waals surface area contributed by atoms with Crippen LogP contribution in [0.2, 0.25) is 15.1 Å². The molecule has 0 unspecified atom stereocenters. The van der Waals surface area contributed by atoms with Crippen molar-refractivity contribution in [1.82, 2.24) is 10.2 Å². The smallest absolute Gasteiger partial charge is 0.318 e. The van der Waals surface area contributed by atoms with Gasteiger partial charge in [0.1, 0.15) is 10.8 Å². The Morgan fingerprint density at radius 2 is 1.30 bits per heavy atom. The van der Waals surface area contributed by atoms with Crippen LogP contribution in [0.15, 0.2) is 84.9 Å². The lowest BCUT2D eigenvalue weighted by Gasteiger charge is -2.43. The Bertz CT molecular complexity index is 1510. The van der Waals surface area contributed by atoms with Crippen molar-refractivity contribution in [3.05, 3.63) is 117 Å². The molecule has 1 aliphatic carbocycles. The first-order valence-corrected chi connectivity index (χ1v) is 14.0. The van der Waals surface area contributed by atoms with Gasteiger partial charge < -0.3 is 10.2 Å². The van der Waals surface area contributed by atoms with E-state index in [4.69, 9.17) is 34.8 Å². The van der Waals surface area contributed by atoms with Crippen molar-refractivity contribution in [1.29, 1.82) is 0 Å². The second kappa shape index (κ2) is 9.82. The maximum absolute atomic E-state index is 13.2. The van der Waals surface area contributed by atoms with Crippen molar-refractivity contribution < 1.29 is 17.8 Å². The number of urea groups is 1. The summed E-state index contributed by atoms with van der Waals surface area (Å²) in [6, 6.07) is 20.2. The highest BCUT2D eigenvalue weighted by Crippen LogP contribution is 2.50. The van der Waals surface area contributed by atoms with Crippen LogP contribution in [0.4, 0.5) is 4.79 Å². The van der Waals surface area contributed by atoms with Crippen LogP contribution in [0.3, 0.4) is 0 Å². The fraction of sp³-hybridized carbons (Fsp3) is 0.148. The Morgan fingerprint density at radius 1 is 0.811 bits per heavy atom. The Morgan fingerprint density at radius 3 is 1.73 bits per heavy atom. The van der Waals surface area contributed by atoms with Gasteiger partial charge in [-0.25, -0.2) is 4.79 Å². The highest BCUT2D eigenvalue weighted by molar-refractivity contribution is 7.87. The molecule has 190 valence electrons. The van der Waals surface area contributed by atoms with E-state index in [1.807, 2.05) is 0 Å². The summed E-state index contributed by atoms with van der Waals surface area (Å²) in [5, 5.41) is 2.22. The maximum Gasteiger partial charge on any atom is 0.318 e. The summed E-state index contributed by atoms with van der Waals surface area (Å²) in [6.07, 6.45) is 3.30. The van der Waals surface area contributed by atoms with Gasteiger partial charge in [-0.1, -0.05) is 89.4 Å². The molecule has 0 spiro atoms. The molecule has 3 aromatic rings. The van der Waals surface area contributed by atoms with Gasteiger partial charge in [-0.15, -0.1) is 0 Å². The Hall–Kier alpha value is -2.81. The van der Waals surface area contributed by atoms with E-state index >= 15 is 0 Å². The topological polar surface area (TPSA) is 86.7 Å². The molecule has 0 radical (unpaired) electrons. The van der Waals surface area contributed by atoms with Crippen molar-refractivity contribution in [2.45, 2.75) is 10.8 Å². The van der Waals surface area contributed by atoms with Gasteiger partial charge in [-0.3, -0.25) is 4.55 Å². The normalized spacial score (nSPS) is 21.9. The highest BCUT2D eigenvalue weighted by Gasteiger charge is 2.48. The molecular weight excluding hydrogens is 555 g/mol. The molecule has 0 aromatic heterocycles. The van der Waals surface area contributed by atoms with Crippen molar-refractivity contribution in [3.63, 3.8) is 0 Å². The summed E-state index contributed by atoms with van der Waals surface area (Å²) in [6.45, 7) is 0.705. The lowest BCUT2D eigenvalue weighted by atomic mass is 9.75. The molecule has 10 heteroatoms. The van der Waals surface area contributed by atoms with Crippen LogP contribution in [0.25, 0.3) is 11.1 Å². The second-order valence-corrected chi connectivity index (χ2v) is 11.5. The Kier molecular flexibility index (Phi) is 6.85. The third kappa shape index (κ3) is 4.56. The minimum Gasteiger partial charge on any atom is -0.336 e. The van der Waals surface area contributed by atoms with Crippen molar-refractivity contribution >= 4 is 62.1 Å². The number of carbonyl (C=O) groups excluding carboxylic acids is 1. The van der Waals surface area contributed by atoms with E-state index in [2.05, 4.69) is 5.32 Å². The number of benzene rings is 3. The molecule has 1 aliphatic heterocycles. The van der Waals surface area contributed by atoms with Crippen molar-refractivity contribution in [3.8, 4) is 0 Å². The third-order valence-electron chi connectivity index (χ3n) is 6.59. The van der Waals surface area contributed by atoms with E-state index < -0.39 is 20.9 Å². The fourth-order valence-corrected chi connectivity index (χ4v) is 6.86. The molecule has 2 aliphatic rings. The lowest BCUT2D eigenvalue weighted by molar-refractivity contribution is 0.188. The molecule has 2 N–H and O–H groups in total. The molecule has 2 amide bonds. The number of hydrogen-bond acceptors (Lipinski definition) is 3. The summed E-state index contributed by atoms with van der Waals surface area (Å²) < 4.78 is 36.7. The van der Waals surface area contributed by atoms with Gasteiger partial charge in [-0.2, -0.15) is 8.42 Å². The zero-order chi connectivity index (χ0) is 26.4. The second-order valence-electron chi connectivity index (χ2n) is 8.74. The molecule has 0 bridgehead atoms. The van der Waals surface area contributed by atoms with Crippen LogP contribution in [-0.2, 0) is 15.7 Å². The average Bonchev–Trinajstić information content (AvgIpc) is 3.30. The first-order valence-electron chi connectivity index (χ1n) is 11.4. The maximum atomic E-state index is 13.2. The van der Waals surface area contributed by atoms with E-state index in [1.165, 1.54) is 0 Å². The first kappa shape index (κ1) is 25.8. The minimum atomic E-state index is -4.74. The molecule has 6 nitrogen and oxygen atoms in total. The van der Waals surface area contributed by atoms with Crippen LogP contribution >= 0.6 is 34.8 Å². The molecule has 1 saturated heterocycles. The molecule has 37 heavy (non-hydrogen) atoms. The Labute approximate surface area is 229 Å². The first-order chi connectivity index (χ1) is 17.6. The van der Waals surface area contributed by atoms with E-state index in [0.717, 1.165) is 0 Å². The number of nitrogens with zero attached hydrogens (tertiary/aromatic N) is 1. The van der Waals surface area contributed by atoms with Gasteiger partial charge in [-0.05, 0) is 52.6 Å². The number of nitrogens with one attached hydrogen (secondary N) is 1. The third-order valence-corrected chi connectivity index (χ3v) is 8.68. The average molecular weight is 576 g/mol. The predicted octanol–water partition coefficient (Wildman–Crippen LogP) is 6.30. The molecule has 3 aromatic carbocycles. The van der Waals surface area contributed by atoms with Crippen LogP contribution < -0.4 is 5.32 Å². The molecular formula is C27H21Cl3N2O4S. The van der Waals surface area contributed by atoms with Crippen LogP contribution in [0.5, 0.6) is 0 Å². The van der Waals surface area contributed by atoms with Gasteiger partial charge in [0.2, 0.25) is 0 Å². The largest absolute Gasteiger partial charge is 0.336 e. The van der Waals surface area contributed by atoms with E-state index in [0.29, 0.717) is 34.8 Å². The number of hydrogen-bond donors (Lipinski definition) is 2. The Balaban J connectivity index is 1.95. The summed E-state index contributed by atoms with van der Waals surface area (Å²) in [5.41, 5.74) is 0.399. The molecule has 1 heterocycles. The SMILES string of the molecule is O=C1NCCN1C1(c2ccccc2Cl)C=C(c2ccccc2Cl)C(S(=O)(=O)O)C(c2ccccc2Cl)=C1. The lowest BCUT2D eigenvalue weighted by Crippen LogP contribution is -2.48. The summed E-state index contributed by atoms with van der Waals surface area (Å²) in [4.78, 5) is 14.7. The predicted molar refractivity (Wildman–Crippen MR) is 147 cm³/mol. The van der Waals surface area contributed by atoms with Gasteiger partial charge in [0.05, 0.1) is 0 Å². The summed E-state index contributed by atoms with van der Waals surface area (Å²) in [7, 11) is -4.74. The van der Waals surface area contributed by atoms with Gasteiger partial charge >= 0.3 is 6.03 Å².